The molecular formula is C28H33Cl2N5OS2. The van der Waals surface area contributed by atoms with Gasteiger partial charge in [-0.2, -0.15) is 0 Å². The summed E-state index contributed by atoms with van der Waals surface area (Å²) in [6, 6.07) is 14.6. The van der Waals surface area contributed by atoms with Gasteiger partial charge in [0.1, 0.15) is 0 Å². The highest BCUT2D eigenvalue weighted by molar-refractivity contribution is 8.01. The van der Waals surface area contributed by atoms with Crippen molar-refractivity contribution in [3.05, 3.63) is 63.5 Å². The van der Waals surface area contributed by atoms with Crippen LogP contribution in [0.25, 0.3) is 11.3 Å². The lowest BCUT2D eigenvalue weighted by Crippen LogP contribution is -2.44. The Morgan fingerprint density at radius 1 is 1.18 bits per heavy atom. The van der Waals surface area contributed by atoms with Gasteiger partial charge >= 0.3 is 0 Å². The molecule has 2 aromatic carbocycles. The van der Waals surface area contributed by atoms with Crippen LogP contribution in [0.2, 0.25) is 10.0 Å². The molecule has 3 aromatic rings. The van der Waals surface area contributed by atoms with Crippen LogP contribution in [0.15, 0.2) is 52.2 Å². The van der Waals surface area contributed by atoms with Crippen LogP contribution in [-0.2, 0) is 11.3 Å². The Labute approximate surface area is 243 Å². The van der Waals surface area contributed by atoms with Crippen molar-refractivity contribution in [2.75, 3.05) is 37.3 Å². The summed E-state index contributed by atoms with van der Waals surface area (Å²) in [4.78, 5) is 22.1. The van der Waals surface area contributed by atoms with Crippen LogP contribution in [0.3, 0.4) is 0 Å². The molecule has 3 heterocycles. The number of anilines is 1. The number of carbonyl (C=O) groups excluding carboxylic acids is 1. The molecule has 0 radical (unpaired) electrons. The number of thioether (sulfide) groups is 1. The number of benzene rings is 2. The third-order valence-electron chi connectivity index (χ3n) is 7.20. The van der Waals surface area contributed by atoms with E-state index in [2.05, 4.69) is 57.1 Å². The normalized spacial score (nSPS) is 18.6. The van der Waals surface area contributed by atoms with Gasteiger partial charge in [-0.05, 0) is 62.1 Å². The highest BCUT2D eigenvalue weighted by atomic mass is 35.5. The van der Waals surface area contributed by atoms with Crippen LogP contribution < -0.4 is 15.5 Å². The van der Waals surface area contributed by atoms with Crippen LogP contribution in [-0.4, -0.2) is 60.4 Å². The summed E-state index contributed by atoms with van der Waals surface area (Å²) in [5, 5.41) is 10.0. The molecule has 0 spiro atoms. The fourth-order valence-electron chi connectivity index (χ4n) is 5.05. The number of amides is 1. The molecule has 2 aliphatic rings. The number of hydrogen-bond donors (Lipinski definition) is 2. The number of likely N-dealkylation sites (tertiary alicyclic amines) is 1. The molecule has 0 aliphatic carbocycles. The van der Waals surface area contributed by atoms with Gasteiger partial charge < -0.3 is 10.2 Å². The standard InChI is InChI=1S/C28H33Cl2N5OS2/c1-34(26-6-3-11-31-26)22-5-2-4-20(15-22)25-17-37-28(33-25)38-18-27(36)32-21-9-12-35(13-10-21)16-19-7-8-23(29)24(30)14-19/h2,4-5,7-8,14-15,17,21,26,31H,3,6,9-13,16,18H2,1H3,(H,32,36)/t26-/m1/s1. The Bertz CT molecular complexity index is 1240. The summed E-state index contributed by atoms with van der Waals surface area (Å²) in [6.45, 7) is 3.81. The number of halogens is 2. The van der Waals surface area contributed by atoms with Crippen molar-refractivity contribution in [1.82, 2.24) is 20.5 Å². The average molecular weight is 591 g/mol. The van der Waals surface area contributed by atoms with Crippen LogP contribution in [0, 0.1) is 0 Å². The number of nitrogens with one attached hydrogen (secondary N) is 2. The van der Waals surface area contributed by atoms with Crippen LogP contribution >= 0.6 is 46.3 Å². The largest absolute Gasteiger partial charge is 0.359 e. The summed E-state index contributed by atoms with van der Waals surface area (Å²) >= 11 is 15.3. The van der Waals surface area contributed by atoms with Gasteiger partial charge in [0.05, 0.1) is 27.7 Å². The molecule has 0 bridgehead atoms. The molecule has 2 fully saturated rings. The first kappa shape index (κ1) is 27.7. The molecule has 2 saturated heterocycles. The zero-order valence-corrected chi connectivity index (χ0v) is 24.6. The zero-order valence-electron chi connectivity index (χ0n) is 21.5. The van der Waals surface area contributed by atoms with Crippen molar-refractivity contribution in [1.29, 1.82) is 0 Å². The fraction of sp³-hybridized carbons (Fsp3) is 0.429. The Morgan fingerprint density at radius 2 is 2.03 bits per heavy atom. The monoisotopic (exact) mass is 589 g/mol. The molecule has 1 atom stereocenters. The summed E-state index contributed by atoms with van der Waals surface area (Å²) in [6.07, 6.45) is 4.66. The smallest absolute Gasteiger partial charge is 0.230 e. The first-order chi connectivity index (χ1) is 18.4. The molecule has 1 aromatic heterocycles. The molecule has 2 N–H and O–H groups in total. The number of piperidine rings is 1. The second-order valence-electron chi connectivity index (χ2n) is 9.93. The lowest BCUT2D eigenvalue weighted by atomic mass is 10.0. The minimum atomic E-state index is 0.0716. The molecule has 5 rings (SSSR count). The number of nitrogens with zero attached hydrogens (tertiary/aromatic N) is 3. The van der Waals surface area contributed by atoms with Crippen LogP contribution in [0.4, 0.5) is 5.69 Å². The molecule has 6 nitrogen and oxygen atoms in total. The van der Waals surface area contributed by atoms with Gasteiger partial charge in [-0.15, -0.1) is 11.3 Å². The van der Waals surface area contributed by atoms with E-state index in [0.717, 1.165) is 66.6 Å². The Hall–Kier alpha value is -1.81. The maximum absolute atomic E-state index is 12.6. The van der Waals surface area contributed by atoms with E-state index < -0.39 is 0 Å². The minimum absolute atomic E-state index is 0.0716. The van der Waals surface area contributed by atoms with Gasteiger partial charge in [0.2, 0.25) is 5.91 Å². The topological polar surface area (TPSA) is 60.5 Å². The van der Waals surface area contributed by atoms with Crippen LogP contribution in [0.1, 0.15) is 31.2 Å². The summed E-state index contributed by atoms with van der Waals surface area (Å²) in [7, 11) is 2.14. The lowest BCUT2D eigenvalue weighted by Gasteiger charge is -2.32. The van der Waals surface area contributed by atoms with E-state index in [0.29, 0.717) is 22.0 Å². The Kier molecular flexibility index (Phi) is 9.51. The molecule has 38 heavy (non-hydrogen) atoms. The maximum Gasteiger partial charge on any atom is 0.230 e. The van der Waals surface area contributed by atoms with Crippen molar-refractivity contribution < 1.29 is 4.79 Å². The van der Waals surface area contributed by atoms with E-state index in [-0.39, 0.29) is 11.9 Å². The van der Waals surface area contributed by atoms with E-state index in [1.54, 1.807) is 11.3 Å². The summed E-state index contributed by atoms with van der Waals surface area (Å²) in [5.74, 6) is 0.453. The van der Waals surface area contributed by atoms with E-state index >= 15 is 0 Å². The third-order valence-corrected chi connectivity index (χ3v) is 9.96. The molecule has 10 heteroatoms. The number of rotatable bonds is 9. The van der Waals surface area contributed by atoms with Gasteiger partial charge in [-0.3, -0.25) is 15.0 Å². The number of aromatic nitrogens is 1. The van der Waals surface area contributed by atoms with Crippen molar-refractivity contribution in [2.24, 2.45) is 0 Å². The SMILES string of the molecule is CN(c1cccc(-c2csc(SCC(=O)NC3CCN(Cc4ccc(Cl)c(Cl)c4)CC3)n2)c1)[C@@H]1CCCN1. The highest BCUT2D eigenvalue weighted by Gasteiger charge is 2.22. The van der Waals surface area contributed by atoms with Crippen molar-refractivity contribution in [3.63, 3.8) is 0 Å². The number of thiazole rings is 1. The van der Waals surface area contributed by atoms with Gasteiger partial charge in [0.15, 0.2) is 4.34 Å². The van der Waals surface area contributed by atoms with E-state index in [1.165, 1.54) is 23.9 Å². The van der Waals surface area contributed by atoms with Gasteiger partial charge in [0.25, 0.3) is 0 Å². The van der Waals surface area contributed by atoms with Gasteiger partial charge in [-0.25, -0.2) is 4.98 Å². The van der Waals surface area contributed by atoms with E-state index in [1.807, 2.05) is 18.2 Å². The molecule has 1 amide bonds. The Morgan fingerprint density at radius 3 is 2.79 bits per heavy atom. The highest BCUT2D eigenvalue weighted by Crippen LogP contribution is 2.31. The number of carbonyl (C=O) groups is 1. The van der Waals surface area contributed by atoms with Crippen molar-refractivity contribution in [3.8, 4) is 11.3 Å². The van der Waals surface area contributed by atoms with Crippen molar-refractivity contribution >= 4 is 57.9 Å². The summed E-state index contributed by atoms with van der Waals surface area (Å²) in [5.41, 5.74) is 4.41. The second-order valence-corrected chi connectivity index (χ2v) is 12.8. The van der Waals surface area contributed by atoms with Gasteiger partial charge in [-0.1, -0.05) is 53.2 Å². The molecule has 202 valence electrons. The first-order valence-electron chi connectivity index (χ1n) is 13.1. The zero-order chi connectivity index (χ0) is 26.5. The minimum Gasteiger partial charge on any atom is -0.359 e. The predicted octanol–water partition coefficient (Wildman–Crippen LogP) is 6.14. The fourth-order valence-corrected chi connectivity index (χ4v) is 7.01. The van der Waals surface area contributed by atoms with Crippen LogP contribution in [0.5, 0.6) is 0 Å². The molecular weight excluding hydrogens is 557 g/mol. The third kappa shape index (κ3) is 7.23. The molecule has 2 aliphatic heterocycles. The lowest BCUT2D eigenvalue weighted by molar-refractivity contribution is -0.119. The van der Waals surface area contributed by atoms with E-state index in [9.17, 15) is 4.79 Å². The number of hydrogen-bond acceptors (Lipinski definition) is 7. The first-order valence-corrected chi connectivity index (χ1v) is 15.7. The predicted molar refractivity (Wildman–Crippen MR) is 161 cm³/mol. The molecule has 0 saturated carbocycles. The summed E-state index contributed by atoms with van der Waals surface area (Å²) < 4.78 is 0.919. The average Bonchev–Trinajstić information content (AvgIpc) is 3.63. The second kappa shape index (κ2) is 13.0. The van der Waals surface area contributed by atoms with Crippen molar-refractivity contribution in [2.45, 2.75) is 48.8 Å². The quantitative estimate of drug-likeness (QED) is 0.292. The van der Waals surface area contributed by atoms with E-state index in [4.69, 9.17) is 28.2 Å². The molecule has 0 unspecified atom stereocenters. The van der Waals surface area contributed by atoms with Gasteiger partial charge in [0, 0.05) is 49.4 Å². The Balaban J connectivity index is 1.06. The maximum atomic E-state index is 12.6.